The van der Waals surface area contributed by atoms with Crippen molar-refractivity contribution in [1.82, 2.24) is 10.2 Å². The van der Waals surface area contributed by atoms with Crippen molar-refractivity contribution in [3.05, 3.63) is 0 Å². The molecule has 0 spiro atoms. The predicted molar refractivity (Wildman–Crippen MR) is 87.1 cm³/mol. The van der Waals surface area contributed by atoms with Crippen molar-refractivity contribution >= 4 is 0 Å². The second-order valence-corrected chi connectivity index (χ2v) is 6.94. The molecule has 0 radical (unpaired) electrons. The SMILES string of the molecule is CCCN(CCCC(CC)(CO)NC(C)C)CC1CC1. The lowest BCUT2D eigenvalue weighted by Crippen LogP contribution is -2.51. The Kier molecular flexibility index (Phi) is 8.08. The van der Waals surface area contributed by atoms with Gasteiger partial charge in [-0.2, -0.15) is 0 Å². The quantitative estimate of drug-likeness (QED) is 0.578. The Morgan fingerprint density at radius 1 is 1.25 bits per heavy atom. The molecule has 20 heavy (non-hydrogen) atoms. The largest absolute Gasteiger partial charge is 0.394 e. The van der Waals surface area contributed by atoms with Gasteiger partial charge in [-0.25, -0.2) is 0 Å². The van der Waals surface area contributed by atoms with Gasteiger partial charge in [0.1, 0.15) is 0 Å². The number of rotatable bonds is 12. The third-order valence-corrected chi connectivity index (χ3v) is 4.46. The van der Waals surface area contributed by atoms with Crippen LogP contribution in [-0.2, 0) is 0 Å². The van der Waals surface area contributed by atoms with Crippen LogP contribution >= 0.6 is 0 Å². The maximum Gasteiger partial charge on any atom is 0.0613 e. The first-order chi connectivity index (χ1) is 9.55. The van der Waals surface area contributed by atoms with E-state index in [9.17, 15) is 5.11 Å². The summed E-state index contributed by atoms with van der Waals surface area (Å²) in [5, 5.41) is 13.4. The van der Waals surface area contributed by atoms with Crippen LogP contribution < -0.4 is 5.32 Å². The molecule has 0 amide bonds. The van der Waals surface area contributed by atoms with E-state index >= 15 is 0 Å². The number of aliphatic hydroxyl groups is 1. The molecular formula is C17H36N2O. The second kappa shape index (κ2) is 9.01. The predicted octanol–water partition coefficient (Wildman–Crippen LogP) is 3.03. The lowest BCUT2D eigenvalue weighted by Gasteiger charge is -2.35. The zero-order valence-electron chi connectivity index (χ0n) is 14.1. The molecule has 1 saturated carbocycles. The molecule has 1 aliphatic rings. The molecule has 1 aliphatic carbocycles. The molecule has 1 atom stereocenters. The second-order valence-electron chi connectivity index (χ2n) is 6.94. The molecule has 2 N–H and O–H groups in total. The van der Waals surface area contributed by atoms with E-state index in [2.05, 4.69) is 37.9 Å². The van der Waals surface area contributed by atoms with Crippen molar-refractivity contribution in [3.8, 4) is 0 Å². The third-order valence-electron chi connectivity index (χ3n) is 4.46. The smallest absolute Gasteiger partial charge is 0.0613 e. The van der Waals surface area contributed by atoms with E-state index in [0.717, 1.165) is 18.8 Å². The van der Waals surface area contributed by atoms with Crippen molar-refractivity contribution in [3.63, 3.8) is 0 Å². The van der Waals surface area contributed by atoms with Crippen molar-refractivity contribution in [2.75, 3.05) is 26.2 Å². The summed E-state index contributed by atoms with van der Waals surface area (Å²) in [6.45, 7) is 12.7. The first-order valence-corrected chi connectivity index (χ1v) is 8.66. The van der Waals surface area contributed by atoms with Gasteiger partial charge in [0.25, 0.3) is 0 Å². The molecule has 0 saturated heterocycles. The number of nitrogens with one attached hydrogen (secondary N) is 1. The van der Waals surface area contributed by atoms with Crippen LogP contribution in [0.15, 0.2) is 0 Å². The Labute approximate surface area is 126 Å². The standard InChI is InChI=1S/C17H36N2O/c1-5-11-19(13-16-8-9-16)12-7-10-17(6-2,14-20)18-15(3)4/h15-16,18,20H,5-14H2,1-4H3. The van der Waals surface area contributed by atoms with Crippen LogP contribution in [-0.4, -0.2) is 47.8 Å². The highest BCUT2D eigenvalue weighted by Gasteiger charge is 2.28. The van der Waals surface area contributed by atoms with E-state index in [-0.39, 0.29) is 12.1 Å². The highest BCUT2D eigenvalue weighted by molar-refractivity contribution is 4.88. The Morgan fingerprint density at radius 2 is 1.95 bits per heavy atom. The first-order valence-electron chi connectivity index (χ1n) is 8.66. The van der Waals surface area contributed by atoms with Crippen LogP contribution in [0.5, 0.6) is 0 Å². The summed E-state index contributed by atoms with van der Waals surface area (Å²) < 4.78 is 0. The Morgan fingerprint density at radius 3 is 2.40 bits per heavy atom. The van der Waals surface area contributed by atoms with E-state index < -0.39 is 0 Å². The molecule has 0 bridgehead atoms. The molecule has 1 unspecified atom stereocenters. The molecule has 1 rings (SSSR count). The van der Waals surface area contributed by atoms with Gasteiger partial charge < -0.3 is 15.3 Å². The van der Waals surface area contributed by atoms with Gasteiger partial charge >= 0.3 is 0 Å². The molecule has 0 aromatic heterocycles. The van der Waals surface area contributed by atoms with Crippen molar-refractivity contribution < 1.29 is 5.11 Å². The van der Waals surface area contributed by atoms with E-state index in [4.69, 9.17) is 0 Å². The summed E-state index contributed by atoms with van der Waals surface area (Å²) in [6, 6.07) is 0.431. The van der Waals surface area contributed by atoms with Gasteiger partial charge in [-0.15, -0.1) is 0 Å². The fraction of sp³-hybridized carbons (Fsp3) is 1.00. The lowest BCUT2D eigenvalue weighted by molar-refractivity contribution is 0.129. The number of nitrogens with zero attached hydrogens (tertiary/aromatic N) is 1. The van der Waals surface area contributed by atoms with Gasteiger partial charge in [-0.05, 0) is 57.5 Å². The highest BCUT2D eigenvalue weighted by Crippen LogP contribution is 2.30. The minimum absolute atomic E-state index is 0.0777. The lowest BCUT2D eigenvalue weighted by atomic mass is 9.90. The van der Waals surface area contributed by atoms with Crippen molar-refractivity contribution in [2.45, 2.75) is 77.8 Å². The average molecular weight is 284 g/mol. The number of hydrogen-bond donors (Lipinski definition) is 2. The minimum atomic E-state index is -0.0777. The molecule has 3 heteroatoms. The summed E-state index contributed by atoms with van der Waals surface area (Å²) in [7, 11) is 0. The molecule has 0 heterocycles. The highest BCUT2D eigenvalue weighted by atomic mass is 16.3. The molecule has 3 nitrogen and oxygen atoms in total. The first kappa shape index (κ1) is 17.9. The van der Waals surface area contributed by atoms with Crippen molar-refractivity contribution in [2.24, 2.45) is 5.92 Å². The molecule has 0 aromatic carbocycles. The van der Waals surface area contributed by atoms with Crippen LogP contribution in [0.25, 0.3) is 0 Å². The van der Waals surface area contributed by atoms with Crippen LogP contribution in [0.2, 0.25) is 0 Å². The van der Waals surface area contributed by atoms with Gasteiger partial charge in [0, 0.05) is 18.1 Å². The Balaban J connectivity index is 2.36. The van der Waals surface area contributed by atoms with Gasteiger partial charge in [0.2, 0.25) is 0 Å². The normalized spacial score (nSPS) is 18.8. The van der Waals surface area contributed by atoms with Gasteiger partial charge in [0.15, 0.2) is 0 Å². The topological polar surface area (TPSA) is 35.5 Å². The number of aliphatic hydroxyl groups excluding tert-OH is 1. The van der Waals surface area contributed by atoms with Crippen LogP contribution in [0.1, 0.15) is 66.2 Å². The summed E-state index contributed by atoms with van der Waals surface area (Å²) in [5.41, 5.74) is -0.0777. The average Bonchev–Trinajstić information content (AvgIpc) is 3.21. The zero-order valence-corrected chi connectivity index (χ0v) is 14.1. The molecule has 120 valence electrons. The maximum absolute atomic E-state index is 9.77. The summed E-state index contributed by atoms with van der Waals surface area (Å²) in [5.74, 6) is 0.976. The van der Waals surface area contributed by atoms with Crippen LogP contribution in [0.4, 0.5) is 0 Å². The molecular weight excluding hydrogens is 248 g/mol. The zero-order chi connectivity index (χ0) is 15.0. The monoisotopic (exact) mass is 284 g/mol. The van der Waals surface area contributed by atoms with E-state index in [1.165, 1.54) is 45.3 Å². The summed E-state index contributed by atoms with van der Waals surface area (Å²) >= 11 is 0. The summed E-state index contributed by atoms with van der Waals surface area (Å²) in [6.07, 6.45) is 7.37. The Bertz CT molecular complexity index is 247. The van der Waals surface area contributed by atoms with E-state index in [1.54, 1.807) is 0 Å². The van der Waals surface area contributed by atoms with E-state index in [1.807, 2.05) is 0 Å². The number of hydrogen-bond acceptors (Lipinski definition) is 3. The fourth-order valence-electron chi connectivity index (χ4n) is 3.12. The van der Waals surface area contributed by atoms with Gasteiger partial charge in [-0.3, -0.25) is 0 Å². The van der Waals surface area contributed by atoms with Crippen LogP contribution in [0.3, 0.4) is 0 Å². The van der Waals surface area contributed by atoms with Crippen LogP contribution in [0, 0.1) is 5.92 Å². The van der Waals surface area contributed by atoms with Crippen molar-refractivity contribution in [1.29, 1.82) is 0 Å². The molecule has 0 aliphatic heterocycles. The minimum Gasteiger partial charge on any atom is -0.394 e. The summed E-state index contributed by atoms with van der Waals surface area (Å²) in [4.78, 5) is 2.63. The van der Waals surface area contributed by atoms with Gasteiger partial charge in [-0.1, -0.05) is 27.7 Å². The fourth-order valence-corrected chi connectivity index (χ4v) is 3.12. The van der Waals surface area contributed by atoms with E-state index in [0.29, 0.717) is 6.04 Å². The maximum atomic E-state index is 9.77. The Hall–Kier alpha value is -0.120. The third kappa shape index (κ3) is 6.55. The van der Waals surface area contributed by atoms with Gasteiger partial charge in [0.05, 0.1) is 6.61 Å². The molecule has 1 fully saturated rings. The molecule has 0 aromatic rings.